The molecule has 2 amide bonds. The highest BCUT2D eigenvalue weighted by molar-refractivity contribution is 7.92. The van der Waals surface area contributed by atoms with E-state index in [0.717, 1.165) is 24.1 Å². The number of sulfonamides is 1. The van der Waals surface area contributed by atoms with Crippen LogP contribution in [0, 0.1) is 5.92 Å². The molecule has 2 aromatic carbocycles. The molecule has 1 aliphatic carbocycles. The molecule has 1 saturated heterocycles. The molecule has 5 rings (SSSR count). The SMILES string of the molecule is CC(C)(C)OC(=O)N1CCC(C(=O)N(c2ccc3c(c2)CCN3S(=O)(=O)c2ccccc2)C2CC2)CC1. The molecule has 37 heavy (non-hydrogen) atoms. The van der Waals surface area contributed by atoms with Gasteiger partial charge in [0, 0.05) is 37.3 Å². The van der Waals surface area contributed by atoms with Crippen molar-refractivity contribution in [3.05, 3.63) is 54.1 Å². The molecule has 2 aromatic rings. The Bertz CT molecular complexity index is 1280. The van der Waals surface area contributed by atoms with Crippen molar-refractivity contribution in [2.24, 2.45) is 5.92 Å². The fourth-order valence-electron chi connectivity index (χ4n) is 5.16. The standard InChI is InChI=1S/C28H35N3O5S/c1-28(2,3)36-27(33)29-16-13-20(14-17-29)26(32)31(22-9-10-22)23-11-12-25-21(19-23)15-18-30(25)37(34,35)24-7-5-4-6-8-24/h4-8,11-12,19-20,22H,9-10,13-18H2,1-3H3. The quantitative estimate of drug-likeness (QED) is 0.570. The smallest absolute Gasteiger partial charge is 0.410 e. The summed E-state index contributed by atoms with van der Waals surface area (Å²) in [6.07, 6.45) is 3.43. The molecule has 9 heteroatoms. The van der Waals surface area contributed by atoms with Crippen molar-refractivity contribution in [3.8, 4) is 0 Å². The molecule has 2 heterocycles. The number of carbonyl (C=O) groups is 2. The highest BCUT2D eigenvalue weighted by Gasteiger charge is 2.40. The maximum absolute atomic E-state index is 13.7. The Labute approximate surface area is 219 Å². The first-order valence-corrected chi connectivity index (χ1v) is 14.5. The van der Waals surface area contributed by atoms with Gasteiger partial charge < -0.3 is 14.5 Å². The highest BCUT2D eigenvalue weighted by Crippen LogP contribution is 2.39. The number of carbonyl (C=O) groups excluding carboxylic acids is 2. The number of piperidine rings is 1. The lowest BCUT2D eigenvalue weighted by molar-refractivity contribution is -0.124. The number of benzene rings is 2. The van der Waals surface area contributed by atoms with Crippen LogP contribution in [0.1, 0.15) is 52.0 Å². The van der Waals surface area contributed by atoms with Gasteiger partial charge in [-0.2, -0.15) is 0 Å². The molecule has 3 aliphatic rings. The summed E-state index contributed by atoms with van der Waals surface area (Å²) < 4.78 is 33.4. The van der Waals surface area contributed by atoms with Gasteiger partial charge in [-0.05, 0) is 88.8 Å². The van der Waals surface area contributed by atoms with E-state index in [0.29, 0.717) is 44.6 Å². The second-order valence-corrected chi connectivity index (χ2v) is 13.0. The van der Waals surface area contributed by atoms with E-state index in [-0.39, 0.29) is 28.9 Å². The lowest BCUT2D eigenvalue weighted by Gasteiger charge is -2.35. The summed E-state index contributed by atoms with van der Waals surface area (Å²) in [6.45, 7) is 6.93. The van der Waals surface area contributed by atoms with E-state index in [1.54, 1.807) is 35.2 Å². The first-order valence-electron chi connectivity index (χ1n) is 13.1. The predicted molar refractivity (Wildman–Crippen MR) is 142 cm³/mol. The second kappa shape index (κ2) is 9.67. The Balaban J connectivity index is 1.30. The van der Waals surface area contributed by atoms with Crippen molar-refractivity contribution in [1.29, 1.82) is 0 Å². The molecule has 1 saturated carbocycles. The van der Waals surface area contributed by atoms with Gasteiger partial charge in [-0.3, -0.25) is 9.10 Å². The third-order valence-electron chi connectivity index (χ3n) is 7.17. The van der Waals surface area contributed by atoms with E-state index in [1.807, 2.05) is 43.9 Å². The maximum Gasteiger partial charge on any atom is 0.410 e. The number of hydrogen-bond donors (Lipinski definition) is 0. The van der Waals surface area contributed by atoms with Crippen LogP contribution in [0.25, 0.3) is 0 Å². The summed E-state index contributed by atoms with van der Waals surface area (Å²) in [6, 6.07) is 14.4. The van der Waals surface area contributed by atoms with Crippen molar-refractivity contribution in [2.75, 3.05) is 28.8 Å². The first-order chi connectivity index (χ1) is 17.5. The normalized spacial score (nSPS) is 18.5. The monoisotopic (exact) mass is 525 g/mol. The van der Waals surface area contributed by atoms with Crippen LogP contribution in [0.15, 0.2) is 53.4 Å². The summed E-state index contributed by atoms with van der Waals surface area (Å²) in [4.78, 5) is 30.0. The van der Waals surface area contributed by atoms with Gasteiger partial charge in [-0.1, -0.05) is 18.2 Å². The van der Waals surface area contributed by atoms with E-state index in [1.165, 1.54) is 4.31 Å². The molecule has 0 atom stereocenters. The van der Waals surface area contributed by atoms with Crippen molar-refractivity contribution >= 4 is 33.4 Å². The van der Waals surface area contributed by atoms with Crippen LogP contribution in [0.4, 0.5) is 16.2 Å². The molecule has 0 unspecified atom stereocenters. The second-order valence-electron chi connectivity index (χ2n) is 11.1. The summed E-state index contributed by atoms with van der Waals surface area (Å²) >= 11 is 0. The van der Waals surface area contributed by atoms with Gasteiger partial charge in [0.15, 0.2) is 0 Å². The zero-order chi connectivity index (χ0) is 26.4. The Morgan fingerprint density at radius 1 is 0.946 bits per heavy atom. The number of nitrogens with zero attached hydrogens (tertiary/aromatic N) is 3. The zero-order valence-electron chi connectivity index (χ0n) is 21.7. The average molecular weight is 526 g/mol. The molecule has 0 bridgehead atoms. The van der Waals surface area contributed by atoms with Gasteiger partial charge >= 0.3 is 6.09 Å². The number of amides is 2. The van der Waals surface area contributed by atoms with Gasteiger partial charge in [0.25, 0.3) is 10.0 Å². The Hall–Kier alpha value is -3.07. The fraction of sp³-hybridized carbons (Fsp3) is 0.500. The minimum Gasteiger partial charge on any atom is -0.444 e. The van der Waals surface area contributed by atoms with Crippen LogP contribution in [0.3, 0.4) is 0 Å². The number of likely N-dealkylation sites (tertiary alicyclic amines) is 1. The van der Waals surface area contributed by atoms with Gasteiger partial charge in [0.2, 0.25) is 5.91 Å². The minimum absolute atomic E-state index is 0.0954. The van der Waals surface area contributed by atoms with Crippen LogP contribution >= 0.6 is 0 Å². The number of anilines is 2. The van der Waals surface area contributed by atoms with Crippen molar-refractivity contribution in [3.63, 3.8) is 0 Å². The van der Waals surface area contributed by atoms with Crippen LogP contribution in [-0.4, -0.2) is 56.6 Å². The van der Waals surface area contributed by atoms with E-state index in [9.17, 15) is 18.0 Å². The van der Waals surface area contributed by atoms with Crippen LogP contribution in [0.2, 0.25) is 0 Å². The van der Waals surface area contributed by atoms with Gasteiger partial charge in [-0.25, -0.2) is 13.2 Å². The summed E-state index contributed by atoms with van der Waals surface area (Å²) in [5.41, 5.74) is 1.91. The summed E-state index contributed by atoms with van der Waals surface area (Å²) in [5.74, 6) is -0.0550. The van der Waals surface area contributed by atoms with Crippen molar-refractivity contribution in [2.45, 2.75) is 69.4 Å². The molecular weight excluding hydrogens is 490 g/mol. The van der Waals surface area contributed by atoms with E-state index < -0.39 is 15.6 Å². The van der Waals surface area contributed by atoms with Crippen LogP contribution in [0.5, 0.6) is 0 Å². The lowest BCUT2D eigenvalue weighted by atomic mass is 9.95. The molecular formula is C28H35N3O5S. The van der Waals surface area contributed by atoms with Gasteiger partial charge in [-0.15, -0.1) is 0 Å². The molecule has 2 fully saturated rings. The maximum atomic E-state index is 13.7. The molecule has 0 N–H and O–H groups in total. The van der Waals surface area contributed by atoms with Crippen LogP contribution < -0.4 is 9.21 Å². The summed E-state index contributed by atoms with van der Waals surface area (Å²) in [5, 5.41) is 0. The van der Waals surface area contributed by atoms with E-state index in [2.05, 4.69) is 0 Å². The average Bonchev–Trinajstić information content (AvgIpc) is 3.60. The van der Waals surface area contributed by atoms with Crippen molar-refractivity contribution in [1.82, 2.24) is 4.90 Å². The Morgan fingerprint density at radius 2 is 1.62 bits per heavy atom. The first kappa shape index (κ1) is 25.6. The highest BCUT2D eigenvalue weighted by atomic mass is 32.2. The van der Waals surface area contributed by atoms with E-state index in [4.69, 9.17) is 4.74 Å². The molecule has 198 valence electrons. The van der Waals surface area contributed by atoms with Gasteiger partial charge in [0.05, 0.1) is 10.6 Å². The third kappa shape index (κ3) is 5.32. The number of rotatable bonds is 5. The minimum atomic E-state index is -3.64. The third-order valence-corrected chi connectivity index (χ3v) is 9.00. The Morgan fingerprint density at radius 3 is 2.24 bits per heavy atom. The van der Waals surface area contributed by atoms with Crippen molar-refractivity contribution < 1.29 is 22.7 Å². The topological polar surface area (TPSA) is 87.2 Å². The lowest BCUT2D eigenvalue weighted by Crippen LogP contribution is -2.46. The molecule has 2 aliphatic heterocycles. The number of fused-ring (bicyclic) bond motifs is 1. The number of hydrogen-bond acceptors (Lipinski definition) is 5. The molecule has 8 nitrogen and oxygen atoms in total. The molecule has 0 spiro atoms. The summed E-state index contributed by atoms with van der Waals surface area (Å²) in [7, 11) is -3.64. The van der Waals surface area contributed by atoms with Crippen LogP contribution in [-0.2, 0) is 26.0 Å². The largest absolute Gasteiger partial charge is 0.444 e. The fourth-order valence-corrected chi connectivity index (χ4v) is 6.68. The predicted octanol–water partition coefficient (Wildman–Crippen LogP) is 4.58. The molecule has 0 radical (unpaired) electrons. The van der Waals surface area contributed by atoms with E-state index >= 15 is 0 Å². The molecule has 0 aromatic heterocycles. The zero-order valence-corrected chi connectivity index (χ0v) is 22.5. The Kier molecular flexibility index (Phi) is 6.68. The number of ether oxygens (including phenoxy) is 1. The van der Waals surface area contributed by atoms with Gasteiger partial charge in [0.1, 0.15) is 5.60 Å².